The van der Waals surface area contributed by atoms with Crippen molar-refractivity contribution in [1.29, 1.82) is 0 Å². The lowest BCUT2D eigenvalue weighted by Gasteiger charge is -2.27. The fourth-order valence-electron chi connectivity index (χ4n) is 4.55. The summed E-state index contributed by atoms with van der Waals surface area (Å²) in [6.45, 7) is 8.27. The smallest absolute Gasteiger partial charge is 0.264 e. The Hall–Kier alpha value is -2.09. The summed E-state index contributed by atoms with van der Waals surface area (Å²) in [5.41, 5.74) is 10.5. The Labute approximate surface area is 192 Å². The van der Waals surface area contributed by atoms with E-state index in [-0.39, 0.29) is 12.0 Å². The minimum atomic E-state index is -3.69. The second kappa shape index (κ2) is 9.81. The summed E-state index contributed by atoms with van der Waals surface area (Å²) in [5, 5.41) is 0. The number of nitrogens with zero attached hydrogens (tertiary/aromatic N) is 1. The van der Waals surface area contributed by atoms with Gasteiger partial charge < -0.3 is 10.2 Å². The molecule has 0 spiro atoms. The summed E-state index contributed by atoms with van der Waals surface area (Å²) >= 11 is 0. The minimum Gasteiger partial charge on any atom is -0.381 e. The summed E-state index contributed by atoms with van der Waals surface area (Å²) in [6, 6.07) is 13.5. The van der Waals surface area contributed by atoms with Crippen LogP contribution in [0.15, 0.2) is 47.4 Å². The Kier molecular flexibility index (Phi) is 7.08. The minimum absolute atomic E-state index is 0.193. The number of sulfonamides is 1. The monoisotopic (exact) mass is 457 g/mol. The number of ether oxygens (including phenoxy) is 1. The van der Waals surface area contributed by atoms with Gasteiger partial charge in [0.15, 0.2) is 0 Å². The quantitative estimate of drug-likeness (QED) is 0.591. The van der Waals surface area contributed by atoms with Crippen LogP contribution < -0.4 is 15.2 Å². The van der Waals surface area contributed by atoms with E-state index in [4.69, 9.17) is 4.74 Å². The maximum absolute atomic E-state index is 13.7. The summed E-state index contributed by atoms with van der Waals surface area (Å²) in [7, 11) is -3.69. The SMILES string of the molecule is CCc1ccc(N(CC(C)C)S(=O)(=O)c2ccc3c(c2)NNC3CC2CCOCC2)cc1. The van der Waals surface area contributed by atoms with Crippen molar-refractivity contribution < 1.29 is 13.2 Å². The highest BCUT2D eigenvalue weighted by Gasteiger charge is 2.30. The molecule has 7 heteroatoms. The second-order valence-corrected chi connectivity index (χ2v) is 11.2. The van der Waals surface area contributed by atoms with E-state index < -0.39 is 10.0 Å². The highest BCUT2D eigenvalue weighted by molar-refractivity contribution is 7.92. The van der Waals surface area contributed by atoms with E-state index in [0.29, 0.717) is 23.0 Å². The summed E-state index contributed by atoms with van der Waals surface area (Å²) in [5.74, 6) is 0.832. The first kappa shape index (κ1) is 23.1. The van der Waals surface area contributed by atoms with Crippen LogP contribution in [0.4, 0.5) is 11.4 Å². The third kappa shape index (κ3) is 4.95. The Morgan fingerprint density at radius 1 is 1.09 bits per heavy atom. The molecule has 0 saturated carbocycles. The van der Waals surface area contributed by atoms with Gasteiger partial charge in [-0.25, -0.2) is 13.8 Å². The van der Waals surface area contributed by atoms with Gasteiger partial charge in [-0.2, -0.15) is 0 Å². The van der Waals surface area contributed by atoms with Gasteiger partial charge in [0.1, 0.15) is 0 Å². The standard InChI is InChI=1S/C25H35N3O3S/c1-4-19-5-7-21(8-6-19)28(17-18(2)3)32(29,30)22-9-10-23-24(26-27-25(23)16-22)15-20-11-13-31-14-12-20/h5-10,16,18,20,24,26-27H,4,11-15,17H2,1-3H3. The van der Waals surface area contributed by atoms with Crippen LogP contribution in [0.5, 0.6) is 0 Å². The molecule has 0 amide bonds. The lowest BCUT2D eigenvalue weighted by Crippen LogP contribution is -2.34. The molecule has 2 aromatic carbocycles. The maximum atomic E-state index is 13.7. The lowest BCUT2D eigenvalue weighted by atomic mass is 9.90. The van der Waals surface area contributed by atoms with Crippen LogP contribution in [-0.4, -0.2) is 28.2 Å². The molecule has 1 saturated heterocycles. The van der Waals surface area contributed by atoms with Gasteiger partial charge in [0.2, 0.25) is 0 Å². The van der Waals surface area contributed by atoms with Gasteiger partial charge in [0.25, 0.3) is 10.0 Å². The highest BCUT2D eigenvalue weighted by Crippen LogP contribution is 2.37. The molecule has 174 valence electrons. The molecular weight excluding hydrogens is 422 g/mol. The summed E-state index contributed by atoms with van der Waals surface area (Å²) < 4.78 is 34.4. The van der Waals surface area contributed by atoms with Crippen LogP contribution in [0.1, 0.15) is 57.2 Å². The van der Waals surface area contributed by atoms with Gasteiger partial charge in [-0.3, -0.25) is 4.31 Å². The van der Waals surface area contributed by atoms with E-state index in [1.54, 1.807) is 16.4 Å². The van der Waals surface area contributed by atoms with Gasteiger partial charge >= 0.3 is 0 Å². The van der Waals surface area contributed by atoms with Crippen molar-refractivity contribution >= 4 is 21.4 Å². The van der Waals surface area contributed by atoms with Crippen molar-refractivity contribution in [2.24, 2.45) is 11.8 Å². The van der Waals surface area contributed by atoms with Gasteiger partial charge in [0.05, 0.1) is 22.3 Å². The Morgan fingerprint density at radius 3 is 2.47 bits per heavy atom. The summed E-state index contributed by atoms with van der Waals surface area (Å²) in [6.07, 6.45) is 4.12. The van der Waals surface area contributed by atoms with Crippen molar-refractivity contribution in [3.63, 3.8) is 0 Å². The maximum Gasteiger partial charge on any atom is 0.264 e. The van der Waals surface area contributed by atoms with E-state index in [0.717, 1.165) is 50.1 Å². The molecule has 1 atom stereocenters. The lowest BCUT2D eigenvalue weighted by molar-refractivity contribution is 0.0611. The molecule has 0 bridgehead atoms. The molecule has 0 aromatic heterocycles. The van der Waals surface area contributed by atoms with Crippen LogP contribution >= 0.6 is 0 Å². The molecule has 2 N–H and O–H groups in total. The molecule has 0 radical (unpaired) electrons. The third-order valence-corrected chi connectivity index (χ3v) is 8.23. The number of hydrogen-bond donors (Lipinski definition) is 2. The Morgan fingerprint density at radius 2 is 1.81 bits per heavy atom. The number of rotatable bonds is 8. The van der Waals surface area contributed by atoms with Crippen LogP contribution in [0.25, 0.3) is 0 Å². The van der Waals surface area contributed by atoms with E-state index >= 15 is 0 Å². The Balaban J connectivity index is 1.59. The number of hydrogen-bond acceptors (Lipinski definition) is 5. The molecule has 1 fully saturated rings. The molecule has 2 aliphatic heterocycles. The predicted molar refractivity (Wildman–Crippen MR) is 129 cm³/mol. The predicted octanol–water partition coefficient (Wildman–Crippen LogP) is 4.89. The number of nitrogens with one attached hydrogen (secondary N) is 2. The largest absolute Gasteiger partial charge is 0.381 e. The molecule has 2 heterocycles. The van der Waals surface area contributed by atoms with Crippen molar-refractivity contribution in [2.75, 3.05) is 29.5 Å². The van der Waals surface area contributed by atoms with Gasteiger partial charge in [-0.15, -0.1) is 0 Å². The molecular formula is C25H35N3O3S. The van der Waals surface area contributed by atoms with Crippen LogP contribution in [0.3, 0.4) is 0 Å². The van der Waals surface area contributed by atoms with E-state index in [2.05, 4.69) is 17.8 Å². The molecule has 6 nitrogen and oxygen atoms in total. The van der Waals surface area contributed by atoms with Crippen molar-refractivity contribution in [3.05, 3.63) is 53.6 Å². The molecule has 32 heavy (non-hydrogen) atoms. The zero-order valence-corrected chi connectivity index (χ0v) is 20.1. The van der Waals surface area contributed by atoms with Crippen molar-refractivity contribution in [1.82, 2.24) is 5.43 Å². The third-order valence-electron chi connectivity index (χ3n) is 6.44. The van der Waals surface area contributed by atoms with Crippen molar-refractivity contribution in [3.8, 4) is 0 Å². The van der Waals surface area contributed by atoms with Gasteiger partial charge in [-0.1, -0.05) is 39.0 Å². The van der Waals surface area contributed by atoms with E-state index in [1.807, 2.05) is 44.2 Å². The summed E-state index contributed by atoms with van der Waals surface area (Å²) in [4.78, 5) is 0.317. The normalized spacial score (nSPS) is 19.1. The van der Waals surface area contributed by atoms with Crippen LogP contribution in [0.2, 0.25) is 0 Å². The fourth-order valence-corrected chi connectivity index (χ4v) is 6.21. The van der Waals surface area contributed by atoms with Crippen LogP contribution in [0, 0.1) is 11.8 Å². The molecule has 2 aliphatic rings. The highest BCUT2D eigenvalue weighted by atomic mass is 32.2. The van der Waals surface area contributed by atoms with Crippen LogP contribution in [-0.2, 0) is 21.2 Å². The number of anilines is 2. The van der Waals surface area contributed by atoms with E-state index in [9.17, 15) is 8.42 Å². The average Bonchev–Trinajstić information content (AvgIpc) is 3.20. The van der Waals surface area contributed by atoms with Crippen molar-refractivity contribution in [2.45, 2.75) is 57.4 Å². The molecule has 4 rings (SSSR count). The first-order valence-electron chi connectivity index (χ1n) is 11.7. The number of benzene rings is 2. The molecule has 2 aromatic rings. The molecule has 0 aliphatic carbocycles. The number of hydrazine groups is 1. The topological polar surface area (TPSA) is 70.7 Å². The zero-order valence-electron chi connectivity index (χ0n) is 19.3. The van der Waals surface area contributed by atoms with E-state index in [1.165, 1.54) is 5.56 Å². The van der Waals surface area contributed by atoms with Gasteiger partial charge in [0, 0.05) is 19.8 Å². The number of fused-ring (bicyclic) bond motifs is 1. The molecule has 1 unspecified atom stereocenters. The first-order chi connectivity index (χ1) is 15.4. The number of aryl methyl sites for hydroxylation is 1. The van der Waals surface area contributed by atoms with Gasteiger partial charge in [-0.05, 0) is 72.9 Å². The first-order valence-corrected chi connectivity index (χ1v) is 13.2. The average molecular weight is 458 g/mol. The zero-order chi connectivity index (χ0) is 22.7. The Bertz CT molecular complexity index is 1020. The fraction of sp³-hybridized carbons (Fsp3) is 0.520. The second-order valence-electron chi connectivity index (χ2n) is 9.31.